The second kappa shape index (κ2) is 8.38. The summed E-state index contributed by atoms with van der Waals surface area (Å²) in [6.45, 7) is 9.94. The summed E-state index contributed by atoms with van der Waals surface area (Å²) in [4.78, 5) is 0. The van der Waals surface area contributed by atoms with E-state index in [4.69, 9.17) is 0 Å². The van der Waals surface area contributed by atoms with Crippen LogP contribution in [0.2, 0.25) is 0 Å². The molecule has 2 nitrogen and oxygen atoms in total. The third kappa shape index (κ3) is 3.33. The van der Waals surface area contributed by atoms with Crippen LogP contribution in [0, 0.1) is 47.3 Å². The highest BCUT2D eigenvalue weighted by molar-refractivity contribution is 5.85. The van der Waals surface area contributed by atoms with Gasteiger partial charge in [-0.15, -0.1) is 24.8 Å². The third-order valence-corrected chi connectivity index (χ3v) is 8.69. The molecule has 0 spiro atoms. The fourth-order valence-corrected chi connectivity index (χ4v) is 8.26. The van der Waals surface area contributed by atoms with Crippen molar-refractivity contribution in [2.45, 2.75) is 52.5 Å². The normalized spacial score (nSPS) is 44.1. The Morgan fingerprint density at radius 1 is 0.815 bits per heavy atom. The molecule has 8 atom stereocenters. The molecule has 0 radical (unpaired) electrons. The van der Waals surface area contributed by atoms with Crippen LogP contribution in [0.1, 0.15) is 46.5 Å². The van der Waals surface area contributed by atoms with Crippen molar-refractivity contribution in [2.24, 2.45) is 47.3 Å². The van der Waals surface area contributed by atoms with Gasteiger partial charge in [0, 0.05) is 25.7 Å². The van der Waals surface area contributed by atoms with Crippen molar-refractivity contribution in [2.75, 3.05) is 19.6 Å². The van der Waals surface area contributed by atoms with Crippen molar-refractivity contribution in [3.63, 3.8) is 0 Å². The number of allylic oxidation sites excluding steroid dienone is 3. The Kier molecular flexibility index (Phi) is 6.73. The number of rotatable bonds is 9. The van der Waals surface area contributed by atoms with Crippen LogP contribution >= 0.6 is 24.8 Å². The molecular formula is C23H38Cl2N2. The Balaban J connectivity index is 0.00000105. The Hall–Kier alpha value is -0.0200. The van der Waals surface area contributed by atoms with Crippen molar-refractivity contribution in [3.8, 4) is 0 Å². The first-order chi connectivity index (χ1) is 12.2. The molecule has 0 amide bonds. The van der Waals surface area contributed by atoms with Crippen LogP contribution < -0.4 is 10.6 Å². The Labute approximate surface area is 178 Å². The Morgan fingerprint density at radius 3 is 2.04 bits per heavy atom. The summed E-state index contributed by atoms with van der Waals surface area (Å²) in [6.07, 6.45) is 10.3. The highest BCUT2D eigenvalue weighted by atomic mass is 35.5. The van der Waals surface area contributed by atoms with Crippen molar-refractivity contribution >= 4 is 24.8 Å². The number of nitrogens with one attached hydrogen (secondary N) is 2. The van der Waals surface area contributed by atoms with Gasteiger partial charge in [-0.2, -0.15) is 0 Å². The van der Waals surface area contributed by atoms with Crippen molar-refractivity contribution in [1.82, 2.24) is 10.6 Å². The summed E-state index contributed by atoms with van der Waals surface area (Å²) in [5, 5.41) is 7.62. The van der Waals surface area contributed by atoms with Gasteiger partial charge in [0.1, 0.15) is 0 Å². The molecule has 8 unspecified atom stereocenters. The first-order valence-corrected chi connectivity index (χ1v) is 10.9. The van der Waals surface area contributed by atoms with Gasteiger partial charge in [-0.05, 0) is 93.8 Å². The predicted octanol–water partition coefficient (Wildman–Crippen LogP) is 4.85. The van der Waals surface area contributed by atoms with E-state index in [1.165, 1.54) is 35.8 Å². The number of hydrogen-bond donors (Lipinski definition) is 2. The van der Waals surface area contributed by atoms with E-state index in [-0.39, 0.29) is 24.8 Å². The molecule has 0 aromatic heterocycles. The molecular weight excluding hydrogens is 375 g/mol. The first kappa shape index (κ1) is 21.7. The minimum atomic E-state index is 0. The van der Waals surface area contributed by atoms with E-state index in [1.54, 1.807) is 12.8 Å². The minimum Gasteiger partial charge on any atom is -0.312 e. The summed E-state index contributed by atoms with van der Waals surface area (Å²) in [7, 11) is 0. The molecule has 4 heteroatoms. The monoisotopic (exact) mass is 412 g/mol. The van der Waals surface area contributed by atoms with Crippen LogP contribution in [-0.2, 0) is 0 Å². The van der Waals surface area contributed by atoms with Gasteiger partial charge in [-0.3, -0.25) is 0 Å². The van der Waals surface area contributed by atoms with Crippen LogP contribution in [0.25, 0.3) is 0 Å². The van der Waals surface area contributed by atoms with Gasteiger partial charge in [0.25, 0.3) is 0 Å². The van der Waals surface area contributed by atoms with Crippen LogP contribution in [0.15, 0.2) is 23.3 Å². The van der Waals surface area contributed by atoms with Crippen molar-refractivity contribution in [3.05, 3.63) is 23.3 Å². The van der Waals surface area contributed by atoms with Crippen molar-refractivity contribution < 1.29 is 0 Å². The molecule has 0 aliphatic heterocycles. The van der Waals surface area contributed by atoms with Gasteiger partial charge in [0.2, 0.25) is 0 Å². The average Bonchev–Trinajstić information content (AvgIpc) is 3.29. The lowest BCUT2D eigenvalue weighted by Crippen LogP contribution is -2.39. The van der Waals surface area contributed by atoms with E-state index in [9.17, 15) is 0 Å². The molecule has 0 aromatic rings. The zero-order chi connectivity index (χ0) is 17.1. The predicted molar refractivity (Wildman–Crippen MR) is 119 cm³/mol. The van der Waals surface area contributed by atoms with Crippen LogP contribution in [0.4, 0.5) is 0 Å². The molecule has 6 saturated carbocycles. The second-order valence-corrected chi connectivity index (χ2v) is 9.99. The van der Waals surface area contributed by atoms with E-state index in [0.29, 0.717) is 0 Å². The average molecular weight is 413 g/mol. The van der Waals surface area contributed by atoms with Gasteiger partial charge in [0.15, 0.2) is 0 Å². The van der Waals surface area contributed by atoms with Crippen LogP contribution in [0.3, 0.4) is 0 Å². The summed E-state index contributed by atoms with van der Waals surface area (Å²) >= 11 is 0. The molecule has 154 valence electrons. The summed E-state index contributed by atoms with van der Waals surface area (Å²) in [5.41, 5.74) is 2.95. The summed E-state index contributed by atoms with van der Waals surface area (Å²) < 4.78 is 0. The van der Waals surface area contributed by atoms with Gasteiger partial charge in [0.05, 0.1) is 0 Å². The summed E-state index contributed by atoms with van der Waals surface area (Å²) in [5.74, 6) is 9.10. The van der Waals surface area contributed by atoms with Gasteiger partial charge >= 0.3 is 0 Å². The van der Waals surface area contributed by atoms with Crippen molar-refractivity contribution in [1.29, 1.82) is 0 Å². The number of halogens is 2. The number of hydrogen-bond acceptors (Lipinski definition) is 2. The van der Waals surface area contributed by atoms with Crippen LogP contribution in [0.5, 0.6) is 0 Å². The van der Waals surface area contributed by atoms with E-state index in [1.807, 2.05) is 0 Å². The van der Waals surface area contributed by atoms with Gasteiger partial charge < -0.3 is 10.6 Å². The van der Waals surface area contributed by atoms with Gasteiger partial charge in [-0.1, -0.05) is 23.3 Å². The quantitative estimate of drug-likeness (QED) is 0.417. The lowest BCUT2D eigenvalue weighted by molar-refractivity contribution is 0.132. The molecule has 0 aromatic carbocycles. The lowest BCUT2D eigenvalue weighted by atomic mass is 9.71. The zero-order valence-corrected chi connectivity index (χ0v) is 18.8. The maximum atomic E-state index is 4.00. The zero-order valence-electron chi connectivity index (χ0n) is 17.1. The maximum absolute atomic E-state index is 4.00. The molecule has 0 heterocycles. The second-order valence-electron chi connectivity index (χ2n) is 9.99. The van der Waals surface area contributed by atoms with E-state index in [0.717, 1.165) is 61.2 Å². The lowest BCUT2D eigenvalue weighted by Gasteiger charge is -2.33. The van der Waals surface area contributed by atoms with Gasteiger partial charge in [-0.25, -0.2) is 0 Å². The molecule has 6 fully saturated rings. The molecule has 6 bridgehead atoms. The SMILES string of the molecule is CC(C)=CCC/C(C)=C/CNCCNC1C2C3CC4C5CC(C42)C1C53.Cl.Cl. The largest absolute Gasteiger partial charge is 0.312 e. The fraction of sp³-hybridized carbons (Fsp3) is 0.826. The Morgan fingerprint density at radius 2 is 1.44 bits per heavy atom. The maximum Gasteiger partial charge on any atom is 0.0137 e. The Bertz CT molecular complexity index is 569. The van der Waals surface area contributed by atoms with E-state index in [2.05, 4.69) is 43.6 Å². The molecule has 27 heavy (non-hydrogen) atoms. The molecule has 6 rings (SSSR count). The highest BCUT2D eigenvalue weighted by Gasteiger charge is 2.79. The molecule has 2 N–H and O–H groups in total. The topological polar surface area (TPSA) is 24.1 Å². The smallest absolute Gasteiger partial charge is 0.0137 e. The highest BCUT2D eigenvalue weighted by Crippen LogP contribution is 2.82. The fourth-order valence-electron chi connectivity index (χ4n) is 8.26. The minimum absolute atomic E-state index is 0. The first-order valence-electron chi connectivity index (χ1n) is 10.9. The molecule has 6 aliphatic rings. The standard InChI is InChI=1S/C23H36N2.2ClH/c1-13(2)5-4-6-14(3)7-8-24-9-10-25-23-21-17-11-15-16-12-18(19(15)21)22(23)20(16)17;;/h5,7,15-25H,4,6,8-12H2,1-3H3;2*1H/b14-7+;;. The third-order valence-electron chi connectivity index (χ3n) is 8.69. The van der Waals surface area contributed by atoms with E-state index < -0.39 is 0 Å². The van der Waals surface area contributed by atoms with E-state index >= 15 is 0 Å². The summed E-state index contributed by atoms with van der Waals surface area (Å²) in [6, 6.07) is 0.894. The van der Waals surface area contributed by atoms with Crippen LogP contribution in [-0.4, -0.2) is 25.7 Å². The molecule has 0 saturated heterocycles. The molecule has 6 aliphatic carbocycles.